The molecule has 0 fully saturated rings. The van der Waals surface area contributed by atoms with Gasteiger partial charge in [0.25, 0.3) is 0 Å². The monoisotopic (exact) mass is 723 g/mol. The van der Waals surface area contributed by atoms with E-state index < -0.39 is 17.9 Å². The largest absolute Gasteiger partial charge is 0.493 e. The van der Waals surface area contributed by atoms with Crippen LogP contribution in [0.5, 0.6) is 34.5 Å². The van der Waals surface area contributed by atoms with Gasteiger partial charge < -0.3 is 28.4 Å². The second-order valence-corrected chi connectivity index (χ2v) is 12.2. The first-order valence-electron chi connectivity index (χ1n) is 16.8. The zero-order chi connectivity index (χ0) is 37.6. The van der Waals surface area contributed by atoms with E-state index in [1.165, 1.54) is 52.3 Å². The topological polar surface area (TPSA) is 145 Å². The lowest BCUT2D eigenvalue weighted by atomic mass is 9.94. The maximum absolute atomic E-state index is 13.2. The Bertz CT molecular complexity index is 2090. The Balaban J connectivity index is 1.36. The predicted molar refractivity (Wildman–Crippen MR) is 195 cm³/mol. The maximum atomic E-state index is 13.2. The Morgan fingerprint density at radius 1 is 0.426 bits per heavy atom. The molecule has 0 amide bonds. The molecule has 270 valence electrons. The SMILES string of the molecule is COc1cc2c(cc1OC(=O)c1ccncc1)Cc1cc(OC)c(OC(=O)c3ccncc3)cc1Cc1cc(OC)c(OC(=O)c3cccnc3)cc1C2. The molecule has 1 aliphatic carbocycles. The van der Waals surface area contributed by atoms with E-state index in [2.05, 4.69) is 15.0 Å². The van der Waals surface area contributed by atoms with Crippen LogP contribution < -0.4 is 28.4 Å². The number of esters is 3. The summed E-state index contributed by atoms with van der Waals surface area (Å²) in [5.74, 6) is 0.00586. The molecular formula is C42H33N3O9. The molecule has 0 aliphatic heterocycles. The van der Waals surface area contributed by atoms with E-state index in [1.54, 1.807) is 60.8 Å². The highest BCUT2D eigenvalue weighted by molar-refractivity contribution is 5.92. The Labute approximate surface area is 310 Å². The van der Waals surface area contributed by atoms with Gasteiger partial charge in [-0.25, -0.2) is 14.4 Å². The van der Waals surface area contributed by atoms with Gasteiger partial charge in [-0.2, -0.15) is 0 Å². The first-order valence-corrected chi connectivity index (χ1v) is 16.8. The van der Waals surface area contributed by atoms with Gasteiger partial charge in [0.1, 0.15) is 0 Å². The standard InChI is InChI=1S/C42H33N3O9/c1-49-34-18-28-15-31-21-37(52-40(46)25-6-11-43-12-7-25)35(50-2)19-29(31)17-33-23-39(54-42(48)27-5-4-10-45-24-27)36(51-3)20-30(33)16-32(28)22-38(34)53-41(47)26-8-13-44-14-9-26/h4-14,18-24H,15-17H2,1-3H3. The van der Waals surface area contributed by atoms with E-state index in [9.17, 15) is 14.4 Å². The molecule has 0 radical (unpaired) electrons. The van der Waals surface area contributed by atoms with Crippen LogP contribution in [0.25, 0.3) is 0 Å². The summed E-state index contributed by atoms with van der Waals surface area (Å²) in [7, 11) is 4.51. The molecule has 0 bridgehead atoms. The molecule has 54 heavy (non-hydrogen) atoms. The van der Waals surface area contributed by atoms with Gasteiger partial charge >= 0.3 is 17.9 Å². The van der Waals surface area contributed by atoms with Crippen LogP contribution in [0.4, 0.5) is 0 Å². The lowest BCUT2D eigenvalue weighted by molar-refractivity contribution is 0.0720. The number of hydrogen-bond acceptors (Lipinski definition) is 12. The molecule has 0 atom stereocenters. The molecule has 3 aromatic heterocycles. The summed E-state index contributed by atoms with van der Waals surface area (Å²) in [5.41, 5.74) is 6.03. The number of nitrogens with zero attached hydrogens (tertiary/aromatic N) is 3. The summed E-state index contributed by atoms with van der Waals surface area (Å²) in [5, 5.41) is 0. The molecule has 0 spiro atoms. The van der Waals surface area contributed by atoms with Gasteiger partial charge in [-0.05, 0) is 125 Å². The van der Waals surface area contributed by atoms with Crippen LogP contribution in [0, 0.1) is 0 Å². The third-order valence-electron chi connectivity index (χ3n) is 8.94. The summed E-state index contributed by atoms with van der Waals surface area (Å²) < 4.78 is 34.8. The second-order valence-electron chi connectivity index (χ2n) is 12.2. The molecule has 0 saturated heterocycles. The minimum Gasteiger partial charge on any atom is -0.493 e. The Morgan fingerprint density at radius 3 is 1.07 bits per heavy atom. The van der Waals surface area contributed by atoms with E-state index in [-0.39, 0.29) is 22.8 Å². The van der Waals surface area contributed by atoms with Crippen LogP contribution in [0.3, 0.4) is 0 Å². The van der Waals surface area contributed by atoms with Crippen molar-refractivity contribution in [3.05, 3.63) is 160 Å². The van der Waals surface area contributed by atoms with Gasteiger partial charge in [0.05, 0.1) is 38.0 Å². The van der Waals surface area contributed by atoms with E-state index in [1.807, 2.05) is 18.2 Å². The van der Waals surface area contributed by atoms with Crippen LogP contribution >= 0.6 is 0 Å². The van der Waals surface area contributed by atoms with Crippen molar-refractivity contribution in [1.29, 1.82) is 0 Å². The lowest BCUT2D eigenvalue weighted by Gasteiger charge is -2.17. The number of aromatic nitrogens is 3. The zero-order valence-corrected chi connectivity index (χ0v) is 29.5. The Hall–Kier alpha value is -7.08. The molecular weight excluding hydrogens is 690 g/mol. The highest BCUT2D eigenvalue weighted by Crippen LogP contribution is 2.41. The fraction of sp³-hybridized carbons (Fsp3) is 0.143. The predicted octanol–water partition coefficient (Wildman–Crippen LogP) is 6.64. The molecule has 3 heterocycles. The van der Waals surface area contributed by atoms with Crippen molar-refractivity contribution in [3.8, 4) is 34.5 Å². The highest BCUT2D eigenvalue weighted by atomic mass is 16.6. The number of carbonyl (C=O) groups excluding carboxylic acids is 3. The highest BCUT2D eigenvalue weighted by Gasteiger charge is 2.25. The zero-order valence-electron chi connectivity index (χ0n) is 29.5. The van der Waals surface area contributed by atoms with Crippen molar-refractivity contribution in [2.24, 2.45) is 0 Å². The van der Waals surface area contributed by atoms with E-state index in [0.717, 1.165) is 33.4 Å². The number of fused-ring (bicyclic) bond motifs is 3. The molecule has 0 N–H and O–H groups in total. The van der Waals surface area contributed by atoms with E-state index in [4.69, 9.17) is 28.4 Å². The van der Waals surface area contributed by atoms with E-state index >= 15 is 0 Å². The number of rotatable bonds is 9. The number of benzene rings is 3. The minimum absolute atomic E-state index is 0.225. The number of hydrogen-bond donors (Lipinski definition) is 0. The minimum atomic E-state index is -0.592. The summed E-state index contributed by atoms with van der Waals surface area (Å²) in [6.45, 7) is 0. The third-order valence-corrected chi connectivity index (χ3v) is 8.94. The van der Waals surface area contributed by atoms with Gasteiger partial charge in [0.15, 0.2) is 34.5 Å². The smallest absolute Gasteiger partial charge is 0.345 e. The van der Waals surface area contributed by atoms with E-state index in [0.29, 0.717) is 47.6 Å². The van der Waals surface area contributed by atoms with Gasteiger partial charge in [-0.3, -0.25) is 15.0 Å². The molecule has 1 aliphatic rings. The number of pyridine rings is 3. The summed E-state index contributed by atoms with van der Waals surface area (Å²) in [6.07, 6.45) is 10.2. The van der Waals surface area contributed by atoms with Gasteiger partial charge in [-0.15, -0.1) is 0 Å². The lowest BCUT2D eigenvalue weighted by Crippen LogP contribution is -2.11. The van der Waals surface area contributed by atoms with Crippen molar-refractivity contribution < 1.29 is 42.8 Å². The maximum Gasteiger partial charge on any atom is 0.345 e. The Kier molecular flexibility index (Phi) is 10.2. The van der Waals surface area contributed by atoms with Gasteiger partial charge in [0.2, 0.25) is 0 Å². The van der Waals surface area contributed by atoms with Crippen LogP contribution in [-0.4, -0.2) is 54.2 Å². The van der Waals surface area contributed by atoms with Crippen molar-refractivity contribution in [1.82, 2.24) is 15.0 Å². The van der Waals surface area contributed by atoms with Crippen LogP contribution in [0.1, 0.15) is 64.5 Å². The van der Waals surface area contributed by atoms with Crippen molar-refractivity contribution >= 4 is 17.9 Å². The molecule has 12 heteroatoms. The first kappa shape index (κ1) is 35.3. The number of methoxy groups -OCH3 is 3. The molecule has 6 aromatic rings. The summed E-state index contributed by atoms with van der Waals surface area (Å²) >= 11 is 0. The molecule has 3 aromatic carbocycles. The first-order chi connectivity index (χ1) is 26.3. The average Bonchev–Trinajstić information content (AvgIpc) is 3.26. The molecule has 0 unspecified atom stereocenters. The number of ether oxygens (including phenoxy) is 6. The fourth-order valence-electron chi connectivity index (χ4n) is 6.19. The van der Waals surface area contributed by atoms with Gasteiger partial charge in [-0.1, -0.05) is 0 Å². The van der Waals surface area contributed by atoms with Crippen LogP contribution in [0.15, 0.2) is 110 Å². The van der Waals surface area contributed by atoms with Crippen molar-refractivity contribution in [2.75, 3.05) is 21.3 Å². The normalized spacial score (nSPS) is 11.6. The second kappa shape index (κ2) is 15.7. The van der Waals surface area contributed by atoms with Crippen molar-refractivity contribution in [2.45, 2.75) is 19.3 Å². The Morgan fingerprint density at radius 2 is 0.759 bits per heavy atom. The molecule has 7 rings (SSSR count). The molecule has 0 saturated carbocycles. The van der Waals surface area contributed by atoms with Crippen LogP contribution in [-0.2, 0) is 19.3 Å². The third kappa shape index (κ3) is 7.58. The summed E-state index contributed by atoms with van der Waals surface area (Å²) in [6, 6.07) is 20.4. The number of carbonyl (C=O) groups is 3. The summed E-state index contributed by atoms with van der Waals surface area (Å²) in [4.78, 5) is 51.5. The fourth-order valence-corrected chi connectivity index (χ4v) is 6.19. The quantitative estimate of drug-likeness (QED) is 0.116. The average molecular weight is 724 g/mol. The van der Waals surface area contributed by atoms with Gasteiger partial charge in [0, 0.05) is 37.2 Å². The molecule has 12 nitrogen and oxygen atoms in total. The van der Waals surface area contributed by atoms with Crippen LogP contribution in [0.2, 0.25) is 0 Å². The van der Waals surface area contributed by atoms with Crippen molar-refractivity contribution in [3.63, 3.8) is 0 Å².